The van der Waals surface area contributed by atoms with Gasteiger partial charge < -0.3 is 4.90 Å². The van der Waals surface area contributed by atoms with E-state index in [0.717, 1.165) is 25.9 Å². The third kappa shape index (κ3) is 4.38. The summed E-state index contributed by atoms with van der Waals surface area (Å²) in [5.74, 6) is -0.0259. The smallest absolute Gasteiger partial charge is 0.261 e. The van der Waals surface area contributed by atoms with Crippen molar-refractivity contribution in [3.8, 4) is 0 Å². The Morgan fingerprint density at radius 2 is 1.90 bits per heavy atom. The molecular formula is C23H26N4O2. The van der Waals surface area contributed by atoms with E-state index in [1.807, 2.05) is 23.1 Å². The van der Waals surface area contributed by atoms with Crippen LogP contribution in [-0.2, 0) is 17.9 Å². The molecule has 150 valence electrons. The number of fused-ring (bicyclic) bond motifs is 1. The quantitative estimate of drug-likeness (QED) is 0.672. The largest absolute Gasteiger partial charge is 0.340 e. The number of nitrogens with zero attached hydrogens (tertiary/aromatic N) is 4. The third-order valence-corrected chi connectivity index (χ3v) is 5.68. The molecule has 0 N–H and O–H groups in total. The summed E-state index contributed by atoms with van der Waals surface area (Å²) in [6, 6.07) is 17.9. The molecule has 6 nitrogen and oxygen atoms in total. The molecule has 3 aromatic rings. The predicted octanol–water partition coefficient (Wildman–Crippen LogP) is 2.52. The van der Waals surface area contributed by atoms with Crippen molar-refractivity contribution in [2.24, 2.45) is 0 Å². The standard InChI is InChI=1S/C23H26N4O2/c1-25(14-18-8-3-2-4-9-18)19-10-7-13-26(15-19)22(28)16-27-17-24-21-12-6-5-11-20(21)23(27)29/h2-6,8-9,11-12,17,19H,7,10,13-16H2,1H3/t19-/m1/s1. The van der Waals surface area contributed by atoms with Crippen molar-refractivity contribution in [3.05, 3.63) is 76.8 Å². The first-order chi connectivity index (χ1) is 14.1. The topological polar surface area (TPSA) is 58.4 Å². The second-order valence-corrected chi connectivity index (χ2v) is 7.73. The van der Waals surface area contributed by atoms with Gasteiger partial charge in [-0.15, -0.1) is 0 Å². The lowest BCUT2D eigenvalue weighted by Crippen LogP contribution is -2.49. The van der Waals surface area contributed by atoms with Gasteiger partial charge in [0.2, 0.25) is 5.91 Å². The van der Waals surface area contributed by atoms with E-state index in [4.69, 9.17) is 0 Å². The first kappa shape index (κ1) is 19.3. The summed E-state index contributed by atoms with van der Waals surface area (Å²) in [5.41, 5.74) is 1.76. The van der Waals surface area contributed by atoms with Crippen molar-refractivity contribution in [2.45, 2.75) is 32.0 Å². The summed E-state index contributed by atoms with van der Waals surface area (Å²) in [4.78, 5) is 34.1. The molecule has 1 saturated heterocycles. The average molecular weight is 390 g/mol. The first-order valence-electron chi connectivity index (χ1n) is 10.1. The highest BCUT2D eigenvalue weighted by molar-refractivity contribution is 5.79. The number of benzene rings is 2. The average Bonchev–Trinajstić information content (AvgIpc) is 2.76. The molecule has 4 rings (SSSR count). The monoisotopic (exact) mass is 390 g/mol. The van der Waals surface area contributed by atoms with Crippen LogP contribution in [0.15, 0.2) is 65.7 Å². The Kier molecular flexibility index (Phi) is 5.71. The maximum atomic E-state index is 12.9. The van der Waals surface area contributed by atoms with E-state index >= 15 is 0 Å². The Bertz CT molecular complexity index is 1050. The van der Waals surface area contributed by atoms with Crippen LogP contribution >= 0.6 is 0 Å². The van der Waals surface area contributed by atoms with Gasteiger partial charge >= 0.3 is 0 Å². The van der Waals surface area contributed by atoms with Gasteiger partial charge in [0.25, 0.3) is 5.56 Å². The van der Waals surface area contributed by atoms with Gasteiger partial charge in [0.1, 0.15) is 6.54 Å². The number of likely N-dealkylation sites (N-methyl/N-ethyl adjacent to an activating group) is 1. The number of rotatable bonds is 5. The molecule has 0 radical (unpaired) electrons. The Morgan fingerprint density at radius 3 is 2.72 bits per heavy atom. The van der Waals surface area contributed by atoms with Crippen LogP contribution in [0.4, 0.5) is 0 Å². The lowest BCUT2D eigenvalue weighted by atomic mass is 10.0. The molecule has 0 bridgehead atoms. The molecule has 0 aliphatic carbocycles. The van der Waals surface area contributed by atoms with Crippen molar-refractivity contribution in [2.75, 3.05) is 20.1 Å². The molecule has 29 heavy (non-hydrogen) atoms. The minimum absolute atomic E-state index is 0.0259. The summed E-state index contributed by atoms with van der Waals surface area (Å²) in [5, 5.41) is 0.543. The lowest BCUT2D eigenvalue weighted by molar-refractivity contribution is -0.134. The highest BCUT2D eigenvalue weighted by atomic mass is 16.2. The van der Waals surface area contributed by atoms with Crippen molar-refractivity contribution in [3.63, 3.8) is 0 Å². The Labute approximate surface area is 170 Å². The number of carbonyl (C=O) groups excluding carboxylic acids is 1. The van der Waals surface area contributed by atoms with Gasteiger partial charge in [-0.25, -0.2) is 4.98 Å². The minimum atomic E-state index is -0.168. The molecule has 2 aromatic carbocycles. The lowest BCUT2D eigenvalue weighted by Gasteiger charge is -2.37. The fourth-order valence-corrected chi connectivity index (χ4v) is 4.01. The molecule has 1 amide bonds. The molecule has 1 aliphatic rings. The zero-order valence-corrected chi connectivity index (χ0v) is 16.7. The van der Waals surface area contributed by atoms with Gasteiger partial charge in [0.05, 0.1) is 17.2 Å². The summed E-state index contributed by atoms with van der Waals surface area (Å²) < 4.78 is 1.42. The third-order valence-electron chi connectivity index (χ3n) is 5.68. The zero-order valence-electron chi connectivity index (χ0n) is 16.7. The van der Waals surface area contributed by atoms with Crippen molar-refractivity contribution < 1.29 is 4.79 Å². The summed E-state index contributed by atoms with van der Waals surface area (Å²) >= 11 is 0. The van der Waals surface area contributed by atoms with Crippen LogP contribution in [0.3, 0.4) is 0 Å². The second kappa shape index (κ2) is 8.57. The van der Waals surface area contributed by atoms with Gasteiger partial charge in [-0.3, -0.25) is 19.1 Å². The molecule has 0 saturated carbocycles. The number of piperidine rings is 1. The van der Waals surface area contributed by atoms with Crippen LogP contribution in [-0.4, -0.2) is 51.4 Å². The number of aromatic nitrogens is 2. The molecule has 1 aromatic heterocycles. The molecular weight excluding hydrogens is 364 g/mol. The predicted molar refractivity (Wildman–Crippen MR) is 114 cm³/mol. The van der Waals surface area contributed by atoms with Gasteiger partial charge in [0.15, 0.2) is 0 Å². The molecule has 2 heterocycles. The summed E-state index contributed by atoms with van der Waals surface area (Å²) in [6.07, 6.45) is 3.52. The molecule has 1 fully saturated rings. The molecule has 0 spiro atoms. The van der Waals surface area contributed by atoms with Crippen molar-refractivity contribution in [1.29, 1.82) is 0 Å². The number of amides is 1. The fourth-order valence-electron chi connectivity index (χ4n) is 4.01. The first-order valence-corrected chi connectivity index (χ1v) is 10.1. The number of hydrogen-bond donors (Lipinski definition) is 0. The van der Waals surface area contributed by atoms with E-state index < -0.39 is 0 Å². The number of carbonyl (C=O) groups is 1. The normalized spacial score (nSPS) is 17.0. The molecule has 6 heteroatoms. The van der Waals surface area contributed by atoms with E-state index in [0.29, 0.717) is 23.5 Å². The number of hydrogen-bond acceptors (Lipinski definition) is 4. The van der Waals surface area contributed by atoms with E-state index in [1.54, 1.807) is 12.1 Å². The fraction of sp³-hybridized carbons (Fsp3) is 0.348. The number of para-hydroxylation sites is 1. The van der Waals surface area contributed by atoms with Crippen LogP contribution in [0.25, 0.3) is 10.9 Å². The van der Waals surface area contributed by atoms with Gasteiger partial charge in [0, 0.05) is 25.7 Å². The minimum Gasteiger partial charge on any atom is -0.340 e. The van der Waals surface area contributed by atoms with Crippen LogP contribution in [0.2, 0.25) is 0 Å². The Hall–Kier alpha value is -2.99. The summed E-state index contributed by atoms with van der Waals surface area (Å²) in [6.45, 7) is 2.33. The van der Waals surface area contributed by atoms with Gasteiger partial charge in [-0.05, 0) is 37.6 Å². The maximum Gasteiger partial charge on any atom is 0.261 e. The highest BCUT2D eigenvalue weighted by Crippen LogP contribution is 2.17. The summed E-state index contributed by atoms with van der Waals surface area (Å²) in [7, 11) is 2.11. The maximum absolute atomic E-state index is 12.9. The van der Waals surface area contributed by atoms with Crippen LogP contribution < -0.4 is 5.56 Å². The zero-order chi connectivity index (χ0) is 20.2. The molecule has 0 unspecified atom stereocenters. The van der Waals surface area contributed by atoms with E-state index in [-0.39, 0.29) is 18.0 Å². The molecule has 1 atom stereocenters. The Balaban J connectivity index is 1.42. The van der Waals surface area contributed by atoms with Crippen molar-refractivity contribution in [1.82, 2.24) is 19.4 Å². The van der Waals surface area contributed by atoms with Crippen LogP contribution in [0, 0.1) is 0 Å². The SMILES string of the molecule is CN(Cc1ccccc1)[C@@H]1CCCN(C(=O)Cn2cnc3ccccc3c2=O)C1. The van der Waals surface area contributed by atoms with E-state index in [9.17, 15) is 9.59 Å². The van der Waals surface area contributed by atoms with Crippen LogP contribution in [0.5, 0.6) is 0 Å². The van der Waals surface area contributed by atoms with Crippen LogP contribution in [0.1, 0.15) is 18.4 Å². The molecule has 1 aliphatic heterocycles. The number of likely N-dealkylation sites (tertiary alicyclic amines) is 1. The van der Waals surface area contributed by atoms with Gasteiger partial charge in [-0.1, -0.05) is 42.5 Å². The highest BCUT2D eigenvalue weighted by Gasteiger charge is 2.26. The van der Waals surface area contributed by atoms with E-state index in [2.05, 4.69) is 41.2 Å². The Morgan fingerprint density at radius 1 is 1.14 bits per heavy atom. The van der Waals surface area contributed by atoms with Gasteiger partial charge in [-0.2, -0.15) is 0 Å². The van der Waals surface area contributed by atoms with Crippen molar-refractivity contribution >= 4 is 16.8 Å². The van der Waals surface area contributed by atoms with E-state index in [1.165, 1.54) is 16.5 Å². The second-order valence-electron chi connectivity index (χ2n) is 7.73.